The minimum absolute atomic E-state index is 0.303. The van der Waals surface area contributed by atoms with Crippen molar-refractivity contribution in [3.05, 3.63) is 36.3 Å². The molecule has 76 valence electrons. The number of nitrogens with two attached hydrogens (primary N) is 1. The third-order valence-corrected chi connectivity index (χ3v) is 2.92. The summed E-state index contributed by atoms with van der Waals surface area (Å²) in [5.41, 5.74) is 6.55. The molecule has 0 aromatic carbocycles. The maximum Gasteiger partial charge on any atom is 0.221 e. The SMILES string of the molecule is Cc1cnc(N)nc1Sc1ccncc1. The first-order valence-electron chi connectivity index (χ1n) is 4.43. The molecule has 2 aromatic heterocycles. The fourth-order valence-electron chi connectivity index (χ4n) is 1.06. The molecule has 0 atom stereocenters. The highest BCUT2D eigenvalue weighted by molar-refractivity contribution is 7.99. The minimum Gasteiger partial charge on any atom is -0.368 e. The number of aryl methyl sites for hydroxylation is 1. The van der Waals surface area contributed by atoms with Crippen LogP contribution in [-0.2, 0) is 0 Å². The molecular weight excluding hydrogens is 208 g/mol. The van der Waals surface area contributed by atoms with E-state index in [-0.39, 0.29) is 0 Å². The molecule has 15 heavy (non-hydrogen) atoms. The summed E-state index contributed by atoms with van der Waals surface area (Å²) in [5.74, 6) is 0.303. The highest BCUT2D eigenvalue weighted by Gasteiger charge is 2.03. The summed E-state index contributed by atoms with van der Waals surface area (Å²) < 4.78 is 0. The van der Waals surface area contributed by atoms with Crippen molar-refractivity contribution in [3.63, 3.8) is 0 Å². The number of rotatable bonds is 2. The molecule has 5 heteroatoms. The highest BCUT2D eigenvalue weighted by Crippen LogP contribution is 2.27. The molecule has 0 aliphatic carbocycles. The lowest BCUT2D eigenvalue weighted by Crippen LogP contribution is -1.97. The Labute approximate surface area is 92.0 Å². The minimum atomic E-state index is 0.303. The lowest BCUT2D eigenvalue weighted by atomic mass is 10.4. The number of pyridine rings is 1. The molecule has 2 heterocycles. The van der Waals surface area contributed by atoms with Gasteiger partial charge in [-0.3, -0.25) is 4.98 Å². The van der Waals surface area contributed by atoms with Gasteiger partial charge in [-0.1, -0.05) is 11.8 Å². The molecule has 0 bridgehead atoms. The zero-order chi connectivity index (χ0) is 10.7. The Hall–Kier alpha value is -1.62. The number of nitrogen functional groups attached to an aromatic ring is 1. The summed E-state index contributed by atoms with van der Waals surface area (Å²) >= 11 is 1.56. The number of anilines is 1. The lowest BCUT2D eigenvalue weighted by molar-refractivity contribution is 1.02. The van der Waals surface area contributed by atoms with Gasteiger partial charge in [0.1, 0.15) is 5.03 Å². The van der Waals surface area contributed by atoms with Crippen molar-refractivity contribution in [2.45, 2.75) is 16.8 Å². The number of hydrogen-bond donors (Lipinski definition) is 1. The number of hydrogen-bond acceptors (Lipinski definition) is 5. The molecule has 0 aliphatic heterocycles. The Bertz CT molecular complexity index is 458. The van der Waals surface area contributed by atoms with E-state index in [0.29, 0.717) is 5.95 Å². The second-order valence-corrected chi connectivity index (χ2v) is 4.06. The van der Waals surface area contributed by atoms with Crippen LogP contribution < -0.4 is 5.73 Å². The second-order valence-electron chi connectivity index (χ2n) is 3.00. The van der Waals surface area contributed by atoms with Crippen molar-refractivity contribution in [3.8, 4) is 0 Å². The van der Waals surface area contributed by atoms with Crippen LogP contribution in [0.25, 0.3) is 0 Å². The van der Waals surface area contributed by atoms with Crippen LogP contribution in [0, 0.1) is 6.92 Å². The molecule has 0 fully saturated rings. The van der Waals surface area contributed by atoms with Gasteiger partial charge in [-0.2, -0.15) is 0 Å². The molecule has 0 radical (unpaired) electrons. The lowest BCUT2D eigenvalue weighted by Gasteiger charge is -2.03. The summed E-state index contributed by atoms with van der Waals surface area (Å²) in [6.07, 6.45) is 5.23. The third-order valence-electron chi connectivity index (χ3n) is 1.81. The average molecular weight is 218 g/mol. The number of nitrogens with zero attached hydrogens (tertiary/aromatic N) is 3. The average Bonchev–Trinajstić information content (AvgIpc) is 2.25. The zero-order valence-corrected chi connectivity index (χ0v) is 9.03. The van der Waals surface area contributed by atoms with Crippen LogP contribution in [0.3, 0.4) is 0 Å². The fraction of sp³-hybridized carbons (Fsp3) is 0.100. The van der Waals surface area contributed by atoms with E-state index in [2.05, 4.69) is 15.0 Å². The molecule has 0 saturated heterocycles. The Morgan fingerprint density at radius 1 is 1.27 bits per heavy atom. The van der Waals surface area contributed by atoms with Gasteiger partial charge in [0.25, 0.3) is 0 Å². The summed E-state index contributed by atoms with van der Waals surface area (Å²) in [5, 5.41) is 0.883. The summed E-state index contributed by atoms with van der Waals surface area (Å²) in [7, 11) is 0. The van der Waals surface area contributed by atoms with Gasteiger partial charge in [-0.25, -0.2) is 9.97 Å². The van der Waals surface area contributed by atoms with Crippen molar-refractivity contribution in [1.29, 1.82) is 0 Å². The molecule has 0 saturated carbocycles. The first-order valence-corrected chi connectivity index (χ1v) is 5.24. The van der Waals surface area contributed by atoms with Crippen LogP contribution >= 0.6 is 11.8 Å². The van der Waals surface area contributed by atoms with E-state index in [1.165, 1.54) is 0 Å². The van der Waals surface area contributed by atoms with E-state index in [4.69, 9.17) is 5.73 Å². The van der Waals surface area contributed by atoms with Gasteiger partial charge in [0, 0.05) is 29.0 Å². The van der Waals surface area contributed by atoms with Gasteiger partial charge in [0.15, 0.2) is 0 Å². The van der Waals surface area contributed by atoms with E-state index in [1.807, 2.05) is 19.1 Å². The van der Waals surface area contributed by atoms with E-state index in [1.54, 1.807) is 30.4 Å². The van der Waals surface area contributed by atoms with Crippen molar-refractivity contribution in [2.24, 2.45) is 0 Å². The molecule has 0 amide bonds. The van der Waals surface area contributed by atoms with E-state index in [0.717, 1.165) is 15.5 Å². The maximum absolute atomic E-state index is 5.53. The van der Waals surface area contributed by atoms with Crippen LogP contribution in [0.4, 0.5) is 5.95 Å². The van der Waals surface area contributed by atoms with Crippen molar-refractivity contribution in [2.75, 3.05) is 5.73 Å². The smallest absolute Gasteiger partial charge is 0.221 e. The molecular formula is C10H10N4S. The third kappa shape index (κ3) is 2.44. The summed E-state index contributed by atoms with van der Waals surface area (Å²) in [6.45, 7) is 1.96. The van der Waals surface area contributed by atoms with E-state index in [9.17, 15) is 0 Å². The van der Waals surface area contributed by atoms with Gasteiger partial charge in [-0.15, -0.1) is 0 Å². The van der Waals surface area contributed by atoms with Crippen molar-refractivity contribution in [1.82, 2.24) is 15.0 Å². The quantitative estimate of drug-likeness (QED) is 0.780. The fourth-order valence-corrected chi connectivity index (χ4v) is 1.89. The Balaban J connectivity index is 2.28. The first kappa shape index (κ1) is 9.92. The van der Waals surface area contributed by atoms with Gasteiger partial charge in [-0.05, 0) is 19.1 Å². The largest absolute Gasteiger partial charge is 0.368 e. The van der Waals surface area contributed by atoms with Gasteiger partial charge in [0.2, 0.25) is 5.95 Å². The topological polar surface area (TPSA) is 64.7 Å². The van der Waals surface area contributed by atoms with Crippen molar-refractivity contribution >= 4 is 17.7 Å². The highest BCUT2D eigenvalue weighted by atomic mass is 32.2. The van der Waals surface area contributed by atoms with Crippen molar-refractivity contribution < 1.29 is 0 Å². The standard InChI is InChI=1S/C10H10N4S/c1-7-6-13-10(11)14-9(7)15-8-2-4-12-5-3-8/h2-6H,1H3,(H2,11,13,14). The predicted octanol–water partition coefficient (Wildman–Crippen LogP) is 1.91. The van der Waals surface area contributed by atoms with Crippen LogP contribution in [0.5, 0.6) is 0 Å². The first-order chi connectivity index (χ1) is 7.25. The second kappa shape index (κ2) is 4.27. The Morgan fingerprint density at radius 2 is 2.00 bits per heavy atom. The van der Waals surface area contributed by atoms with Gasteiger partial charge in [0.05, 0.1) is 0 Å². The van der Waals surface area contributed by atoms with Crippen LogP contribution in [0.2, 0.25) is 0 Å². The zero-order valence-electron chi connectivity index (χ0n) is 8.21. The molecule has 0 spiro atoms. The molecule has 4 nitrogen and oxygen atoms in total. The molecule has 2 rings (SSSR count). The normalized spacial score (nSPS) is 10.2. The molecule has 2 N–H and O–H groups in total. The van der Waals surface area contributed by atoms with Crippen LogP contribution in [0.1, 0.15) is 5.56 Å². The van der Waals surface area contributed by atoms with Crippen LogP contribution in [0.15, 0.2) is 40.6 Å². The van der Waals surface area contributed by atoms with Gasteiger partial charge < -0.3 is 5.73 Å². The van der Waals surface area contributed by atoms with Crippen LogP contribution in [-0.4, -0.2) is 15.0 Å². The molecule has 2 aromatic rings. The summed E-state index contributed by atoms with van der Waals surface area (Å²) in [6, 6.07) is 3.87. The number of aromatic nitrogens is 3. The summed E-state index contributed by atoms with van der Waals surface area (Å²) in [4.78, 5) is 13.1. The predicted molar refractivity (Wildman–Crippen MR) is 59.5 cm³/mol. The Morgan fingerprint density at radius 3 is 2.73 bits per heavy atom. The van der Waals surface area contributed by atoms with Gasteiger partial charge >= 0.3 is 0 Å². The van der Waals surface area contributed by atoms with E-state index >= 15 is 0 Å². The van der Waals surface area contributed by atoms with E-state index < -0.39 is 0 Å². The maximum atomic E-state index is 5.53. The Kier molecular flexibility index (Phi) is 2.82. The molecule has 0 unspecified atom stereocenters. The molecule has 0 aliphatic rings. The monoisotopic (exact) mass is 218 g/mol.